The highest BCUT2D eigenvalue weighted by Gasteiger charge is 2.27. The monoisotopic (exact) mass is 589 g/mol. The molecule has 38 heavy (non-hydrogen) atoms. The van der Waals surface area contributed by atoms with Crippen LogP contribution in [0.1, 0.15) is 20.1 Å². The van der Waals surface area contributed by atoms with E-state index in [0.29, 0.717) is 4.34 Å². The summed E-state index contributed by atoms with van der Waals surface area (Å²) < 4.78 is 24.4. The number of nitrogens with zero attached hydrogens (tertiary/aromatic N) is 4. The first-order chi connectivity index (χ1) is 18.4. The predicted molar refractivity (Wildman–Crippen MR) is 147 cm³/mol. The molecule has 0 unspecified atom stereocenters. The molecule has 1 aromatic carbocycles. The molecule has 1 N–H and O–H groups in total. The van der Waals surface area contributed by atoms with Crippen LogP contribution in [0.25, 0.3) is 11.3 Å². The van der Waals surface area contributed by atoms with Gasteiger partial charge in [0.25, 0.3) is 11.5 Å². The van der Waals surface area contributed by atoms with E-state index in [4.69, 9.17) is 27.9 Å². The van der Waals surface area contributed by atoms with Crippen molar-refractivity contribution >= 4 is 57.6 Å². The molecule has 0 aliphatic heterocycles. The molecule has 0 aliphatic carbocycles. The molecule has 13 heteroatoms. The van der Waals surface area contributed by atoms with Crippen LogP contribution in [0.2, 0.25) is 9.36 Å². The summed E-state index contributed by atoms with van der Waals surface area (Å²) in [5, 5.41) is 7.42. The summed E-state index contributed by atoms with van der Waals surface area (Å²) in [5.41, 5.74) is 1.28. The number of anilines is 1. The third kappa shape index (κ3) is 5.23. The van der Waals surface area contributed by atoms with Gasteiger partial charge in [0.2, 0.25) is 0 Å². The number of thiazole rings is 1. The van der Waals surface area contributed by atoms with Crippen LogP contribution in [0, 0.1) is 5.82 Å². The maximum atomic E-state index is 16.0. The largest absolute Gasteiger partial charge is 0.495 e. The van der Waals surface area contributed by atoms with Gasteiger partial charge in [0.15, 0.2) is 11.6 Å². The smallest absolute Gasteiger partial charge is 0.281 e. The van der Waals surface area contributed by atoms with Crippen molar-refractivity contribution in [3.8, 4) is 17.0 Å². The highest BCUT2D eigenvalue weighted by atomic mass is 35.5. The van der Waals surface area contributed by atoms with E-state index in [1.807, 2.05) is 0 Å². The second-order valence-electron chi connectivity index (χ2n) is 7.96. The molecule has 5 rings (SSSR count). The SMILES string of the molecule is COc1cn(Cc2cncs2)c(=O)cc1-c1nn(C(=O)c2ccccc2Cl)c(NCc2ccc(Cl)s2)c1F. The Morgan fingerprint density at radius 3 is 2.68 bits per heavy atom. The zero-order valence-electron chi connectivity index (χ0n) is 19.7. The molecule has 0 atom stereocenters. The van der Waals surface area contributed by atoms with Crippen molar-refractivity contribution in [1.82, 2.24) is 19.3 Å². The highest BCUT2D eigenvalue weighted by molar-refractivity contribution is 7.16. The van der Waals surface area contributed by atoms with Crippen molar-refractivity contribution in [3.63, 3.8) is 0 Å². The number of rotatable bonds is 8. The first kappa shape index (κ1) is 26.1. The summed E-state index contributed by atoms with van der Waals surface area (Å²) in [4.78, 5) is 32.1. The fourth-order valence-corrected chi connectivity index (χ4v) is 5.58. The number of carbonyl (C=O) groups is 1. The molecule has 4 heterocycles. The zero-order valence-corrected chi connectivity index (χ0v) is 22.8. The van der Waals surface area contributed by atoms with Crippen LogP contribution in [0.15, 0.2) is 65.2 Å². The molecule has 0 amide bonds. The molecule has 0 saturated heterocycles. The summed E-state index contributed by atoms with van der Waals surface area (Å²) in [5.74, 6) is -1.46. The average molecular weight is 590 g/mol. The molecule has 4 aromatic heterocycles. The maximum Gasteiger partial charge on any atom is 0.281 e. The van der Waals surface area contributed by atoms with Gasteiger partial charge in [-0.15, -0.1) is 22.7 Å². The number of benzene rings is 1. The number of methoxy groups -OCH3 is 1. The first-order valence-electron chi connectivity index (χ1n) is 11.1. The number of aromatic nitrogens is 4. The van der Waals surface area contributed by atoms with E-state index in [0.717, 1.165) is 14.4 Å². The summed E-state index contributed by atoms with van der Waals surface area (Å²) in [6, 6.07) is 11.2. The Balaban J connectivity index is 1.60. The van der Waals surface area contributed by atoms with E-state index in [9.17, 15) is 9.59 Å². The predicted octanol–water partition coefficient (Wildman–Crippen LogP) is 6.03. The number of nitrogens with one attached hydrogen (secondary N) is 1. The van der Waals surface area contributed by atoms with Gasteiger partial charge in [0, 0.05) is 22.0 Å². The number of pyridine rings is 1. The van der Waals surface area contributed by atoms with Gasteiger partial charge >= 0.3 is 0 Å². The fraction of sp³-hybridized carbons (Fsp3) is 0.120. The van der Waals surface area contributed by atoms with Crippen LogP contribution in [0.4, 0.5) is 10.2 Å². The van der Waals surface area contributed by atoms with Crippen LogP contribution < -0.4 is 15.6 Å². The van der Waals surface area contributed by atoms with Crippen molar-refractivity contribution in [2.24, 2.45) is 0 Å². The average Bonchev–Trinajstić information content (AvgIpc) is 3.64. The number of carbonyl (C=O) groups excluding carboxylic acids is 1. The summed E-state index contributed by atoms with van der Waals surface area (Å²) in [6.07, 6.45) is 3.14. The number of ether oxygens (including phenoxy) is 1. The summed E-state index contributed by atoms with van der Waals surface area (Å²) in [6.45, 7) is 0.459. The fourth-order valence-electron chi connectivity index (χ4n) is 3.75. The summed E-state index contributed by atoms with van der Waals surface area (Å²) in [7, 11) is 1.41. The molecule has 8 nitrogen and oxygen atoms in total. The first-order valence-corrected chi connectivity index (χ1v) is 13.5. The van der Waals surface area contributed by atoms with Gasteiger partial charge in [-0.25, -0.2) is 4.39 Å². The van der Waals surface area contributed by atoms with Gasteiger partial charge in [-0.1, -0.05) is 35.3 Å². The maximum absolute atomic E-state index is 16.0. The Morgan fingerprint density at radius 1 is 1.18 bits per heavy atom. The van der Waals surface area contributed by atoms with E-state index in [2.05, 4.69) is 15.4 Å². The number of hydrogen-bond acceptors (Lipinski definition) is 8. The molecule has 0 aliphatic rings. The minimum Gasteiger partial charge on any atom is -0.495 e. The Labute approximate surface area is 233 Å². The third-order valence-corrected chi connectivity index (χ3v) is 7.88. The number of halogens is 3. The highest BCUT2D eigenvalue weighted by Crippen LogP contribution is 2.34. The minimum atomic E-state index is -0.828. The Morgan fingerprint density at radius 2 is 2.00 bits per heavy atom. The van der Waals surface area contributed by atoms with Crippen LogP contribution in [0.5, 0.6) is 5.75 Å². The van der Waals surface area contributed by atoms with Gasteiger partial charge in [-0.2, -0.15) is 9.78 Å². The minimum absolute atomic E-state index is 0.100. The molecule has 194 valence electrons. The molecule has 0 bridgehead atoms. The standard InChI is InChI=1S/C25H18Cl2FN5O3S2/c1-36-19-12-32(11-15-9-29-13-37-15)21(34)8-17(19)23-22(28)24(30-10-14-6-7-20(27)38-14)33(31-23)25(35)16-4-2-3-5-18(16)26/h2-9,12-13,30H,10-11H2,1H3. The van der Waals surface area contributed by atoms with E-state index in [1.165, 1.54) is 52.7 Å². The van der Waals surface area contributed by atoms with Gasteiger partial charge in [0.05, 0.1) is 52.4 Å². The third-order valence-electron chi connectivity index (χ3n) is 5.56. The van der Waals surface area contributed by atoms with E-state index < -0.39 is 17.3 Å². The second kappa shape index (κ2) is 11.1. The Hall–Kier alpha value is -3.51. The van der Waals surface area contributed by atoms with Crippen molar-refractivity contribution in [3.05, 3.63) is 101 Å². The molecule has 0 saturated carbocycles. The Bertz CT molecular complexity index is 1680. The van der Waals surface area contributed by atoms with Crippen molar-refractivity contribution < 1.29 is 13.9 Å². The lowest BCUT2D eigenvalue weighted by molar-refractivity contribution is 0.0947. The van der Waals surface area contributed by atoms with E-state index in [1.54, 1.807) is 42.0 Å². The van der Waals surface area contributed by atoms with E-state index >= 15 is 4.39 Å². The Kier molecular flexibility index (Phi) is 7.61. The lowest BCUT2D eigenvalue weighted by atomic mass is 10.1. The molecular weight excluding hydrogens is 572 g/mol. The van der Waals surface area contributed by atoms with Gasteiger partial charge in [0.1, 0.15) is 11.4 Å². The topological polar surface area (TPSA) is 91.0 Å². The lowest BCUT2D eigenvalue weighted by Crippen LogP contribution is -2.20. The number of thiophene rings is 1. The quantitative estimate of drug-likeness (QED) is 0.237. The molecule has 0 radical (unpaired) electrons. The van der Waals surface area contributed by atoms with Crippen LogP contribution in [-0.4, -0.2) is 32.3 Å². The molecular formula is C25H18Cl2FN5O3S2. The molecule has 0 spiro atoms. The second-order valence-corrected chi connectivity index (χ2v) is 11.1. The van der Waals surface area contributed by atoms with Gasteiger partial charge in [-0.05, 0) is 24.3 Å². The van der Waals surface area contributed by atoms with Gasteiger partial charge < -0.3 is 14.6 Å². The van der Waals surface area contributed by atoms with Gasteiger partial charge in [-0.3, -0.25) is 14.6 Å². The van der Waals surface area contributed by atoms with Crippen LogP contribution in [0.3, 0.4) is 0 Å². The van der Waals surface area contributed by atoms with E-state index in [-0.39, 0.29) is 46.5 Å². The molecule has 5 aromatic rings. The van der Waals surface area contributed by atoms with Crippen LogP contribution in [-0.2, 0) is 13.1 Å². The summed E-state index contributed by atoms with van der Waals surface area (Å²) >= 11 is 15.0. The zero-order chi connectivity index (χ0) is 26.8. The van der Waals surface area contributed by atoms with Crippen molar-refractivity contribution in [2.75, 3.05) is 12.4 Å². The normalized spacial score (nSPS) is 11.1. The lowest BCUT2D eigenvalue weighted by Gasteiger charge is -2.10. The molecule has 0 fully saturated rings. The van der Waals surface area contributed by atoms with Crippen LogP contribution >= 0.6 is 45.9 Å². The van der Waals surface area contributed by atoms with Crippen molar-refractivity contribution in [1.29, 1.82) is 0 Å². The van der Waals surface area contributed by atoms with Crippen molar-refractivity contribution in [2.45, 2.75) is 13.1 Å². The number of hydrogen-bond donors (Lipinski definition) is 1.